The number of nitrogens with zero attached hydrogens (tertiary/aromatic N) is 2. The average Bonchev–Trinajstić information content (AvgIpc) is 2.69. The Morgan fingerprint density at radius 3 is 2.61 bits per heavy atom. The molecule has 0 bridgehead atoms. The lowest BCUT2D eigenvalue weighted by atomic mass is 9.96. The highest BCUT2D eigenvalue weighted by Crippen LogP contribution is 2.19. The highest BCUT2D eigenvalue weighted by Gasteiger charge is 2.26. The Bertz CT molecular complexity index is 786. The monoisotopic (exact) mass is 380 g/mol. The molecular weight excluding hydrogens is 352 g/mol. The molecular formula is C22H28N4O2. The van der Waals surface area contributed by atoms with Gasteiger partial charge in [0.25, 0.3) is 0 Å². The van der Waals surface area contributed by atoms with Crippen LogP contribution in [0.5, 0.6) is 0 Å². The minimum atomic E-state index is -0.0281. The van der Waals surface area contributed by atoms with E-state index in [0.717, 1.165) is 37.9 Å². The van der Waals surface area contributed by atoms with E-state index in [-0.39, 0.29) is 17.7 Å². The smallest absolute Gasteiger partial charge is 0.234 e. The van der Waals surface area contributed by atoms with Gasteiger partial charge in [-0.2, -0.15) is 0 Å². The quantitative estimate of drug-likeness (QED) is 0.774. The van der Waals surface area contributed by atoms with Gasteiger partial charge in [-0.05, 0) is 62.5 Å². The fourth-order valence-electron chi connectivity index (χ4n) is 3.44. The zero-order valence-electron chi connectivity index (χ0n) is 16.4. The van der Waals surface area contributed by atoms with Crippen molar-refractivity contribution in [3.63, 3.8) is 0 Å². The normalized spacial score (nSPS) is 15.2. The molecule has 3 rings (SSSR count). The second kappa shape index (κ2) is 9.99. The van der Waals surface area contributed by atoms with Gasteiger partial charge in [-0.1, -0.05) is 30.3 Å². The van der Waals surface area contributed by atoms with Crippen molar-refractivity contribution in [2.24, 2.45) is 5.92 Å². The Morgan fingerprint density at radius 2 is 1.89 bits per heavy atom. The number of pyridine rings is 1. The van der Waals surface area contributed by atoms with Gasteiger partial charge in [0.05, 0.1) is 6.54 Å². The van der Waals surface area contributed by atoms with Gasteiger partial charge in [-0.3, -0.25) is 14.5 Å². The van der Waals surface area contributed by atoms with E-state index in [1.54, 1.807) is 6.20 Å². The minimum Gasteiger partial charge on any atom is -0.355 e. The fraction of sp³-hybridized carbons (Fsp3) is 0.409. The van der Waals surface area contributed by atoms with Crippen LogP contribution in [0.15, 0.2) is 48.7 Å². The van der Waals surface area contributed by atoms with E-state index < -0.39 is 0 Å². The maximum absolute atomic E-state index is 12.4. The maximum Gasteiger partial charge on any atom is 0.234 e. The molecule has 6 heteroatoms. The minimum absolute atomic E-state index is 0.0186. The molecule has 0 aliphatic carbocycles. The SMILES string of the molecule is Cc1ccnc(NC(=O)C2CCN(CC(=O)NCCc3ccccc3)CC2)c1. The molecule has 6 nitrogen and oxygen atoms in total. The number of rotatable bonds is 7. The highest BCUT2D eigenvalue weighted by molar-refractivity contribution is 5.91. The predicted molar refractivity (Wildman–Crippen MR) is 110 cm³/mol. The van der Waals surface area contributed by atoms with Gasteiger partial charge in [0, 0.05) is 18.7 Å². The molecule has 1 saturated heterocycles. The fourth-order valence-corrected chi connectivity index (χ4v) is 3.44. The summed E-state index contributed by atoms with van der Waals surface area (Å²) in [4.78, 5) is 30.9. The lowest BCUT2D eigenvalue weighted by Gasteiger charge is -2.30. The van der Waals surface area contributed by atoms with Crippen LogP contribution in [-0.4, -0.2) is 47.9 Å². The summed E-state index contributed by atoms with van der Waals surface area (Å²) < 4.78 is 0. The van der Waals surface area contributed by atoms with Crippen molar-refractivity contribution in [2.75, 3.05) is 31.5 Å². The first-order valence-electron chi connectivity index (χ1n) is 9.86. The Hall–Kier alpha value is -2.73. The molecule has 1 aromatic carbocycles. The van der Waals surface area contributed by atoms with E-state index in [2.05, 4.69) is 32.7 Å². The number of amides is 2. The Kier molecular flexibility index (Phi) is 7.14. The topological polar surface area (TPSA) is 74.3 Å². The molecule has 1 aromatic heterocycles. The second-order valence-electron chi connectivity index (χ2n) is 7.34. The number of likely N-dealkylation sites (tertiary alicyclic amines) is 1. The van der Waals surface area contributed by atoms with Gasteiger partial charge in [-0.25, -0.2) is 4.98 Å². The number of carbonyl (C=O) groups is 2. The van der Waals surface area contributed by atoms with Crippen molar-refractivity contribution in [1.29, 1.82) is 0 Å². The van der Waals surface area contributed by atoms with Crippen molar-refractivity contribution >= 4 is 17.6 Å². The van der Waals surface area contributed by atoms with E-state index in [9.17, 15) is 9.59 Å². The number of hydrogen-bond acceptors (Lipinski definition) is 4. The summed E-state index contributed by atoms with van der Waals surface area (Å²) in [5.41, 5.74) is 2.29. The van der Waals surface area contributed by atoms with Gasteiger partial charge in [0.1, 0.15) is 5.82 Å². The summed E-state index contributed by atoms with van der Waals surface area (Å²) in [6, 6.07) is 13.9. The average molecular weight is 380 g/mol. The number of aromatic nitrogens is 1. The predicted octanol–water partition coefficient (Wildman–Crippen LogP) is 2.40. The molecule has 1 fully saturated rings. The van der Waals surface area contributed by atoms with Gasteiger partial charge in [0.2, 0.25) is 11.8 Å². The van der Waals surface area contributed by atoms with E-state index in [0.29, 0.717) is 18.9 Å². The first kappa shape index (κ1) is 20.0. The number of nitrogens with one attached hydrogen (secondary N) is 2. The standard InChI is InChI=1S/C22H28N4O2/c1-17-7-11-23-20(15-17)25-22(28)19-9-13-26(14-10-19)16-21(27)24-12-8-18-5-3-2-4-6-18/h2-7,11,15,19H,8-10,12-14,16H2,1H3,(H,24,27)(H,23,25,28). The third-order valence-electron chi connectivity index (χ3n) is 5.07. The summed E-state index contributed by atoms with van der Waals surface area (Å²) in [6.45, 7) is 4.52. The summed E-state index contributed by atoms with van der Waals surface area (Å²) in [7, 11) is 0. The molecule has 2 amide bonds. The lowest BCUT2D eigenvalue weighted by Crippen LogP contribution is -2.43. The third kappa shape index (κ3) is 6.16. The largest absolute Gasteiger partial charge is 0.355 e. The van der Waals surface area contributed by atoms with Crippen LogP contribution >= 0.6 is 0 Å². The van der Waals surface area contributed by atoms with Crippen LogP contribution in [-0.2, 0) is 16.0 Å². The zero-order valence-corrected chi connectivity index (χ0v) is 16.4. The van der Waals surface area contributed by atoms with Crippen LogP contribution in [0, 0.1) is 12.8 Å². The van der Waals surface area contributed by atoms with Crippen LogP contribution < -0.4 is 10.6 Å². The number of anilines is 1. The van der Waals surface area contributed by atoms with Gasteiger partial charge in [0.15, 0.2) is 0 Å². The molecule has 2 N–H and O–H groups in total. The van der Waals surface area contributed by atoms with Crippen molar-refractivity contribution in [1.82, 2.24) is 15.2 Å². The number of aryl methyl sites for hydroxylation is 1. The van der Waals surface area contributed by atoms with Crippen molar-refractivity contribution in [3.05, 3.63) is 59.8 Å². The molecule has 148 valence electrons. The molecule has 1 aliphatic heterocycles. The number of benzene rings is 1. The second-order valence-corrected chi connectivity index (χ2v) is 7.34. The Labute approximate surface area is 166 Å². The third-order valence-corrected chi connectivity index (χ3v) is 5.07. The Morgan fingerprint density at radius 1 is 1.14 bits per heavy atom. The van der Waals surface area contributed by atoms with E-state index in [1.807, 2.05) is 37.3 Å². The highest BCUT2D eigenvalue weighted by atomic mass is 16.2. The molecule has 0 saturated carbocycles. The molecule has 0 spiro atoms. The van der Waals surface area contributed by atoms with Crippen LogP contribution in [0.3, 0.4) is 0 Å². The van der Waals surface area contributed by atoms with Crippen molar-refractivity contribution in [3.8, 4) is 0 Å². The van der Waals surface area contributed by atoms with E-state index >= 15 is 0 Å². The zero-order chi connectivity index (χ0) is 19.8. The summed E-state index contributed by atoms with van der Waals surface area (Å²) in [5, 5.41) is 5.89. The van der Waals surface area contributed by atoms with E-state index in [4.69, 9.17) is 0 Å². The molecule has 0 atom stereocenters. The van der Waals surface area contributed by atoms with Crippen LogP contribution in [0.2, 0.25) is 0 Å². The molecule has 28 heavy (non-hydrogen) atoms. The summed E-state index contributed by atoms with van der Waals surface area (Å²) in [5.74, 6) is 0.637. The number of hydrogen-bond donors (Lipinski definition) is 2. The first-order valence-corrected chi connectivity index (χ1v) is 9.86. The molecule has 0 unspecified atom stereocenters. The van der Waals surface area contributed by atoms with Crippen LogP contribution in [0.1, 0.15) is 24.0 Å². The maximum atomic E-state index is 12.4. The first-order chi connectivity index (χ1) is 13.6. The van der Waals surface area contributed by atoms with Crippen molar-refractivity contribution in [2.45, 2.75) is 26.2 Å². The summed E-state index contributed by atoms with van der Waals surface area (Å²) >= 11 is 0. The number of carbonyl (C=O) groups excluding carboxylic acids is 2. The number of piperidine rings is 1. The molecule has 1 aliphatic rings. The van der Waals surface area contributed by atoms with Crippen molar-refractivity contribution < 1.29 is 9.59 Å². The van der Waals surface area contributed by atoms with Crippen LogP contribution in [0.25, 0.3) is 0 Å². The van der Waals surface area contributed by atoms with Gasteiger partial charge >= 0.3 is 0 Å². The molecule has 0 radical (unpaired) electrons. The molecule has 2 aromatic rings. The lowest BCUT2D eigenvalue weighted by molar-refractivity contribution is -0.123. The Balaban J connectivity index is 1.35. The summed E-state index contributed by atoms with van der Waals surface area (Å²) in [6.07, 6.45) is 4.05. The van der Waals surface area contributed by atoms with Gasteiger partial charge in [-0.15, -0.1) is 0 Å². The van der Waals surface area contributed by atoms with E-state index in [1.165, 1.54) is 5.56 Å². The molecule has 2 heterocycles. The van der Waals surface area contributed by atoms with Crippen LogP contribution in [0.4, 0.5) is 5.82 Å². The van der Waals surface area contributed by atoms with Gasteiger partial charge < -0.3 is 10.6 Å².